The predicted molar refractivity (Wildman–Crippen MR) is 113 cm³/mol. The summed E-state index contributed by atoms with van der Waals surface area (Å²) >= 11 is 1.72. The summed E-state index contributed by atoms with van der Waals surface area (Å²) in [6, 6.07) is 4.15. The van der Waals surface area contributed by atoms with E-state index >= 15 is 0 Å². The molecule has 0 aliphatic rings. The Hall–Kier alpha value is -1.97. The highest BCUT2D eigenvalue weighted by Crippen LogP contribution is 2.07. The molecule has 2 N–H and O–H groups in total. The molecule has 0 amide bonds. The van der Waals surface area contributed by atoms with E-state index < -0.39 is 0 Å². The van der Waals surface area contributed by atoms with Crippen LogP contribution in [0.2, 0.25) is 0 Å². The number of hydrogen-bond donors (Lipinski definition) is 2. The lowest BCUT2D eigenvalue weighted by Gasteiger charge is -2.12. The third-order valence-corrected chi connectivity index (χ3v) is 5.00. The number of aryl methyl sites for hydroxylation is 1. The maximum Gasteiger partial charge on any atom is 0.192 e. The highest BCUT2D eigenvalue weighted by atomic mass is 32.1. The average Bonchev–Trinajstić information content (AvgIpc) is 3.33. The summed E-state index contributed by atoms with van der Waals surface area (Å²) in [5.41, 5.74) is 0. The lowest BCUT2D eigenvalue weighted by Crippen LogP contribution is -2.38. The minimum absolute atomic E-state index is 0.462. The maximum absolute atomic E-state index is 5.61. The van der Waals surface area contributed by atoms with E-state index in [1.165, 1.54) is 4.88 Å². The highest BCUT2D eigenvalue weighted by Gasteiger charge is 2.05. The van der Waals surface area contributed by atoms with Gasteiger partial charge >= 0.3 is 0 Å². The summed E-state index contributed by atoms with van der Waals surface area (Å²) in [4.78, 5) is 5.88. The molecule has 2 aromatic rings. The van der Waals surface area contributed by atoms with Crippen LogP contribution in [0.25, 0.3) is 0 Å². The molecule has 2 aromatic heterocycles. The van der Waals surface area contributed by atoms with Crippen LogP contribution in [0.4, 0.5) is 0 Å². The van der Waals surface area contributed by atoms with E-state index in [4.69, 9.17) is 9.47 Å². The van der Waals surface area contributed by atoms with Gasteiger partial charge in [-0.1, -0.05) is 19.4 Å². The number of aromatic nitrogens is 3. The van der Waals surface area contributed by atoms with E-state index in [0.29, 0.717) is 32.9 Å². The number of nitrogens with one attached hydrogen (secondary N) is 2. The average molecular weight is 409 g/mol. The van der Waals surface area contributed by atoms with E-state index in [1.54, 1.807) is 11.3 Å². The van der Waals surface area contributed by atoms with E-state index in [0.717, 1.165) is 43.6 Å². The zero-order valence-electron chi connectivity index (χ0n) is 17.1. The summed E-state index contributed by atoms with van der Waals surface area (Å²) in [5, 5.41) is 17.0. The molecular formula is C19H32N6O2S. The molecule has 8 nitrogen and oxygen atoms in total. The topological polar surface area (TPSA) is 85.6 Å². The van der Waals surface area contributed by atoms with Crippen molar-refractivity contribution < 1.29 is 9.47 Å². The molecule has 0 unspecified atom stereocenters. The number of aliphatic imine (C=N–C) groups is 1. The second kappa shape index (κ2) is 13.2. The second-order valence-electron chi connectivity index (χ2n) is 6.33. The fraction of sp³-hybridized carbons (Fsp3) is 0.632. The number of thiophene rings is 1. The van der Waals surface area contributed by atoms with Gasteiger partial charge in [0, 0.05) is 25.1 Å². The van der Waals surface area contributed by atoms with Gasteiger partial charge in [0.1, 0.15) is 12.4 Å². The quantitative estimate of drug-likeness (QED) is 0.300. The first-order valence-electron chi connectivity index (χ1n) is 9.75. The monoisotopic (exact) mass is 408 g/mol. The summed E-state index contributed by atoms with van der Waals surface area (Å²) in [6.07, 6.45) is 2.25. The van der Waals surface area contributed by atoms with Crippen LogP contribution in [0.5, 0.6) is 0 Å². The summed E-state index contributed by atoms with van der Waals surface area (Å²) < 4.78 is 13.0. The molecule has 0 aliphatic heterocycles. The molecule has 156 valence electrons. The van der Waals surface area contributed by atoms with Crippen molar-refractivity contribution in [2.75, 3.05) is 33.0 Å². The molecule has 0 aliphatic carbocycles. The zero-order valence-corrected chi connectivity index (χ0v) is 17.9. The van der Waals surface area contributed by atoms with E-state index in [2.05, 4.69) is 44.2 Å². The Bertz CT molecular complexity index is 687. The molecule has 0 spiro atoms. The third-order valence-electron chi connectivity index (χ3n) is 4.12. The first kappa shape index (κ1) is 22.3. The number of hydrogen-bond acceptors (Lipinski definition) is 6. The fourth-order valence-corrected chi connectivity index (χ4v) is 2.95. The van der Waals surface area contributed by atoms with Gasteiger partial charge in [0.25, 0.3) is 0 Å². The van der Waals surface area contributed by atoms with Crippen LogP contribution in [0.1, 0.15) is 36.3 Å². The first-order chi connectivity index (χ1) is 13.7. The molecule has 28 heavy (non-hydrogen) atoms. The first-order valence-corrected chi connectivity index (χ1v) is 10.6. The van der Waals surface area contributed by atoms with Crippen molar-refractivity contribution in [1.82, 2.24) is 25.4 Å². The van der Waals surface area contributed by atoms with Gasteiger partial charge in [-0.15, -0.1) is 21.5 Å². The standard InChI is InChI=1S/C19H32N6O2S/c1-4-5-9-26-11-12-27-10-8-20-19(21-14-17-7-6-13-28-17)22-15-18-24-23-16(2)25(18)3/h6-7,13H,4-5,8-12,14-15H2,1-3H3,(H2,20,21,22). The minimum atomic E-state index is 0.462. The molecule has 0 radical (unpaired) electrons. The number of rotatable bonds is 13. The lowest BCUT2D eigenvalue weighted by molar-refractivity contribution is 0.0487. The van der Waals surface area contributed by atoms with Crippen molar-refractivity contribution in [1.29, 1.82) is 0 Å². The van der Waals surface area contributed by atoms with Crippen molar-refractivity contribution in [3.05, 3.63) is 34.0 Å². The zero-order chi connectivity index (χ0) is 20.0. The van der Waals surface area contributed by atoms with Crippen molar-refractivity contribution >= 4 is 17.3 Å². The van der Waals surface area contributed by atoms with Gasteiger partial charge in [0.05, 0.1) is 26.4 Å². The van der Waals surface area contributed by atoms with Crippen LogP contribution in [0, 0.1) is 6.92 Å². The Morgan fingerprint density at radius 1 is 1.18 bits per heavy atom. The van der Waals surface area contributed by atoms with Gasteiger partial charge in [-0.3, -0.25) is 0 Å². The SMILES string of the molecule is CCCCOCCOCCNC(=NCc1nnc(C)n1C)NCc1cccs1. The third kappa shape index (κ3) is 8.37. The molecule has 0 bridgehead atoms. The fourth-order valence-electron chi connectivity index (χ4n) is 2.31. The Labute approximate surface area is 171 Å². The maximum atomic E-state index is 5.61. The molecule has 9 heteroatoms. The number of guanidine groups is 1. The van der Waals surface area contributed by atoms with Crippen LogP contribution in [-0.2, 0) is 29.6 Å². The van der Waals surface area contributed by atoms with Gasteiger partial charge in [0.2, 0.25) is 0 Å². The molecular weight excluding hydrogens is 376 g/mol. The summed E-state index contributed by atoms with van der Waals surface area (Å²) in [6.45, 7) is 8.60. The molecule has 2 rings (SSSR count). The predicted octanol–water partition coefficient (Wildman–Crippen LogP) is 2.25. The van der Waals surface area contributed by atoms with Crippen molar-refractivity contribution in [3.8, 4) is 0 Å². The van der Waals surface area contributed by atoms with Gasteiger partial charge in [-0.25, -0.2) is 4.99 Å². The molecule has 2 heterocycles. The Morgan fingerprint density at radius 3 is 2.68 bits per heavy atom. The minimum Gasteiger partial charge on any atom is -0.379 e. The largest absolute Gasteiger partial charge is 0.379 e. The van der Waals surface area contributed by atoms with Crippen LogP contribution >= 0.6 is 11.3 Å². The number of unbranched alkanes of at least 4 members (excludes halogenated alkanes) is 1. The number of ether oxygens (including phenoxy) is 2. The highest BCUT2D eigenvalue weighted by molar-refractivity contribution is 7.09. The Balaban J connectivity index is 1.74. The smallest absolute Gasteiger partial charge is 0.192 e. The van der Waals surface area contributed by atoms with Crippen molar-refractivity contribution in [2.24, 2.45) is 12.0 Å². The van der Waals surface area contributed by atoms with Crippen LogP contribution in [0.3, 0.4) is 0 Å². The Morgan fingerprint density at radius 2 is 2.00 bits per heavy atom. The van der Waals surface area contributed by atoms with Crippen LogP contribution < -0.4 is 10.6 Å². The van der Waals surface area contributed by atoms with E-state index in [1.807, 2.05) is 24.6 Å². The summed E-state index contributed by atoms with van der Waals surface area (Å²) in [7, 11) is 1.95. The van der Waals surface area contributed by atoms with Crippen molar-refractivity contribution in [2.45, 2.75) is 39.8 Å². The molecule has 0 aromatic carbocycles. The van der Waals surface area contributed by atoms with Crippen LogP contribution in [-0.4, -0.2) is 53.7 Å². The van der Waals surface area contributed by atoms with Crippen molar-refractivity contribution in [3.63, 3.8) is 0 Å². The number of nitrogens with zero attached hydrogens (tertiary/aromatic N) is 4. The van der Waals surface area contributed by atoms with Gasteiger partial charge in [-0.2, -0.15) is 0 Å². The van der Waals surface area contributed by atoms with Gasteiger partial charge < -0.3 is 24.7 Å². The molecule has 0 fully saturated rings. The van der Waals surface area contributed by atoms with Gasteiger partial charge in [0.15, 0.2) is 11.8 Å². The van der Waals surface area contributed by atoms with E-state index in [9.17, 15) is 0 Å². The lowest BCUT2D eigenvalue weighted by atomic mass is 10.4. The summed E-state index contributed by atoms with van der Waals surface area (Å²) in [5.74, 6) is 2.44. The van der Waals surface area contributed by atoms with Gasteiger partial charge in [-0.05, 0) is 24.8 Å². The van der Waals surface area contributed by atoms with Crippen LogP contribution in [0.15, 0.2) is 22.5 Å². The Kier molecular flexibility index (Phi) is 10.6. The second-order valence-corrected chi connectivity index (χ2v) is 7.36. The van der Waals surface area contributed by atoms with E-state index in [-0.39, 0.29) is 0 Å². The molecule has 0 atom stereocenters. The molecule has 0 saturated carbocycles. The normalized spacial score (nSPS) is 11.8. The molecule has 0 saturated heterocycles.